The Bertz CT molecular complexity index is 813. The van der Waals surface area contributed by atoms with Gasteiger partial charge in [-0.15, -0.1) is 0 Å². The van der Waals surface area contributed by atoms with Crippen LogP contribution in [0.5, 0.6) is 0 Å². The summed E-state index contributed by atoms with van der Waals surface area (Å²) in [4.78, 5) is 45.9. The number of hydrogen-bond acceptors (Lipinski definition) is 5. The van der Waals surface area contributed by atoms with Crippen molar-refractivity contribution in [3.8, 4) is 0 Å². The van der Waals surface area contributed by atoms with Gasteiger partial charge in [0.15, 0.2) is 0 Å². The van der Waals surface area contributed by atoms with E-state index in [4.69, 9.17) is 0 Å². The van der Waals surface area contributed by atoms with E-state index < -0.39 is 6.04 Å². The van der Waals surface area contributed by atoms with Gasteiger partial charge < -0.3 is 20.9 Å². The first-order valence-corrected chi connectivity index (χ1v) is 11.2. The lowest BCUT2D eigenvalue weighted by molar-refractivity contribution is -0.144. The summed E-state index contributed by atoms with van der Waals surface area (Å²) in [5, 5.41) is 8.82. The van der Waals surface area contributed by atoms with E-state index in [0.29, 0.717) is 26.2 Å². The van der Waals surface area contributed by atoms with Crippen LogP contribution >= 0.6 is 0 Å². The molecule has 9 heteroatoms. The summed E-state index contributed by atoms with van der Waals surface area (Å²) in [5.41, 5.74) is 1.03. The Hall–Kier alpha value is -2.68. The molecule has 3 fully saturated rings. The summed E-state index contributed by atoms with van der Waals surface area (Å²) in [5.74, 6) is 0.172. The number of piperazine rings is 1. The van der Waals surface area contributed by atoms with Crippen molar-refractivity contribution in [2.75, 3.05) is 19.6 Å². The van der Waals surface area contributed by atoms with Gasteiger partial charge in [0.2, 0.25) is 11.8 Å². The van der Waals surface area contributed by atoms with Crippen molar-refractivity contribution in [3.05, 3.63) is 30.1 Å². The number of aromatic nitrogens is 1. The number of urea groups is 1. The summed E-state index contributed by atoms with van der Waals surface area (Å²) < 4.78 is 0. The number of carbonyl (C=O) groups is 3. The van der Waals surface area contributed by atoms with Crippen LogP contribution in [0, 0.1) is 5.92 Å². The van der Waals surface area contributed by atoms with Crippen molar-refractivity contribution in [3.63, 3.8) is 0 Å². The zero-order valence-corrected chi connectivity index (χ0v) is 18.2. The topological polar surface area (TPSA) is 107 Å². The van der Waals surface area contributed by atoms with Crippen LogP contribution < -0.4 is 16.0 Å². The first-order chi connectivity index (χ1) is 14.9. The molecule has 9 nitrogen and oxygen atoms in total. The maximum absolute atomic E-state index is 13.4. The molecule has 2 saturated heterocycles. The van der Waals surface area contributed by atoms with Gasteiger partial charge in [-0.05, 0) is 44.7 Å². The molecule has 2 aliphatic heterocycles. The van der Waals surface area contributed by atoms with Crippen molar-refractivity contribution >= 4 is 17.8 Å². The largest absolute Gasteiger partial charge is 0.354 e. The van der Waals surface area contributed by atoms with Gasteiger partial charge in [-0.1, -0.05) is 6.07 Å². The fourth-order valence-electron chi connectivity index (χ4n) is 4.50. The Labute approximate surface area is 182 Å². The van der Waals surface area contributed by atoms with Gasteiger partial charge in [0.05, 0.1) is 6.04 Å². The maximum Gasteiger partial charge on any atom is 0.315 e. The Kier molecular flexibility index (Phi) is 6.41. The van der Waals surface area contributed by atoms with E-state index in [-0.39, 0.29) is 41.9 Å². The molecule has 4 amide bonds. The SMILES string of the molecule is CC(C)NC(=O)N[C@H]1C[C@H]2CN(Cc3cccnc3)[C@@H](CNC(=O)C3CC3)C(=O)N2C1. The molecule has 1 aromatic heterocycles. The van der Waals surface area contributed by atoms with Gasteiger partial charge in [0, 0.05) is 56.6 Å². The second kappa shape index (κ2) is 9.21. The van der Waals surface area contributed by atoms with Gasteiger partial charge in [-0.3, -0.25) is 19.5 Å². The quantitative estimate of drug-likeness (QED) is 0.585. The van der Waals surface area contributed by atoms with E-state index in [0.717, 1.165) is 24.8 Å². The second-order valence-electron chi connectivity index (χ2n) is 9.18. The number of amides is 4. The van der Waals surface area contributed by atoms with Crippen molar-refractivity contribution < 1.29 is 14.4 Å². The maximum atomic E-state index is 13.4. The Morgan fingerprint density at radius 3 is 2.74 bits per heavy atom. The monoisotopic (exact) mass is 428 g/mol. The van der Waals surface area contributed by atoms with Crippen LogP contribution in [0.3, 0.4) is 0 Å². The average molecular weight is 429 g/mol. The van der Waals surface area contributed by atoms with Crippen LogP contribution in [0.1, 0.15) is 38.7 Å². The summed E-state index contributed by atoms with van der Waals surface area (Å²) in [6, 6.07) is 3.30. The highest BCUT2D eigenvalue weighted by molar-refractivity contribution is 5.86. The van der Waals surface area contributed by atoms with Crippen molar-refractivity contribution in [2.24, 2.45) is 5.92 Å². The van der Waals surface area contributed by atoms with Crippen LogP contribution in [0.4, 0.5) is 4.79 Å². The standard InChI is InChI=1S/C22H32N6O3/c1-14(2)25-22(31)26-17-8-18-13-27(11-15-4-3-7-23-9-15)19(21(30)28(18)12-17)10-24-20(29)16-5-6-16/h3-4,7,9,14,16-19H,5-6,8,10-13H2,1-2H3,(H,24,29)(H2,25,26,31)/t17-,18-,19-/m0/s1. The highest BCUT2D eigenvalue weighted by Crippen LogP contribution is 2.30. The molecule has 0 aromatic carbocycles. The van der Waals surface area contributed by atoms with Gasteiger partial charge in [0.25, 0.3) is 0 Å². The third-order valence-electron chi connectivity index (χ3n) is 6.15. The highest BCUT2D eigenvalue weighted by atomic mass is 16.2. The molecule has 3 N–H and O–H groups in total. The van der Waals surface area contributed by atoms with E-state index in [9.17, 15) is 14.4 Å². The van der Waals surface area contributed by atoms with E-state index in [1.165, 1.54) is 0 Å². The van der Waals surface area contributed by atoms with Crippen molar-refractivity contribution in [2.45, 2.75) is 63.8 Å². The predicted octanol–water partition coefficient (Wildman–Crippen LogP) is 0.469. The normalized spacial score (nSPS) is 26.0. The van der Waals surface area contributed by atoms with Crippen LogP contribution in [0.2, 0.25) is 0 Å². The lowest BCUT2D eigenvalue weighted by Gasteiger charge is -2.42. The van der Waals surface area contributed by atoms with Crippen LogP contribution in [0.25, 0.3) is 0 Å². The first-order valence-electron chi connectivity index (χ1n) is 11.2. The molecule has 3 atom stereocenters. The van der Waals surface area contributed by atoms with Gasteiger partial charge in [-0.25, -0.2) is 4.79 Å². The lowest BCUT2D eigenvalue weighted by atomic mass is 10.0. The number of rotatable bonds is 7. The van der Waals surface area contributed by atoms with Crippen LogP contribution in [-0.2, 0) is 16.1 Å². The minimum absolute atomic E-state index is 0.0183. The molecule has 3 heterocycles. The molecule has 4 rings (SSSR count). The Balaban J connectivity index is 1.44. The number of hydrogen-bond donors (Lipinski definition) is 3. The van der Waals surface area contributed by atoms with E-state index in [1.54, 1.807) is 6.20 Å². The third-order valence-corrected chi connectivity index (χ3v) is 6.15. The number of carbonyl (C=O) groups excluding carboxylic acids is 3. The minimum atomic E-state index is -0.414. The first kappa shape index (κ1) is 21.5. The zero-order chi connectivity index (χ0) is 22.0. The zero-order valence-electron chi connectivity index (χ0n) is 18.2. The average Bonchev–Trinajstić information content (AvgIpc) is 3.49. The van der Waals surface area contributed by atoms with Crippen molar-refractivity contribution in [1.29, 1.82) is 0 Å². The molecular formula is C22H32N6O3. The summed E-state index contributed by atoms with van der Waals surface area (Å²) in [6.07, 6.45) is 6.14. The summed E-state index contributed by atoms with van der Waals surface area (Å²) in [6.45, 7) is 5.94. The second-order valence-corrected chi connectivity index (χ2v) is 9.18. The minimum Gasteiger partial charge on any atom is -0.354 e. The molecule has 1 aliphatic carbocycles. The lowest BCUT2D eigenvalue weighted by Crippen LogP contribution is -2.62. The summed E-state index contributed by atoms with van der Waals surface area (Å²) in [7, 11) is 0. The smallest absolute Gasteiger partial charge is 0.315 e. The molecule has 1 saturated carbocycles. The number of pyridine rings is 1. The Morgan fingerprint density at radius 1 is 1.26 bits per heavy atom. The number of nitrogens with one attached hydrogen (secondary N) is 3. The Morgan fingerprint density at radius 2 is 2.06 bits per heavy atom. The predicted molar refractivity (Wildman–Crippen MR) is 115 cm³/mol. The van der Waals surface area contributed by atoms with Crippen LogP contribution in [-0.4, -0.2) is 76.4 Å². The van der Waals surface area contributed by atoms with E-state index >= 15 is 0 Å². The van der Waals surface area contributed by atoms with Gasteiger partial charge in [0.1, 0.15) is 6.04 Å². The molecule has 0 bridgehead atoms. The fourth-order valence-corrected chi connectivity index (χ4v) is 4.50. The third kappa shape index (κ3) is 5.33. The van der Waals surface area contributed by atoms with E-state index in [1.807, 2.05) is 37.1 Å². The molecule has 0 radical (unpaired) electrons. The molecule has 1 aromatic rings. The van der Waals surface area contributed by atoms with Crippen LogP contribution in [0.15, 0.2) is 24.5 Å². The molecule has 168 valence electrons. The molecule has 0 spiro atoms. The highest BCUT2D eigenvalue weighted by Gasteiger charge is 2.46. The van der Waals surface area contributed by atoms with Gasteiger partial charge >= 0.3 is 6.03 Å². The number of fused-ring (bicyclic) bond motifs is 1. The number of nitrogens with zero attached hydrogens (tertiary/aromatic N) is 3. The van der Waals surface area contributed by atoms with Gasteiger partial charge in [-0.2, -0.15) is 0 Å². The fraction of sp³-hybridized carbons (Fsp3) is 0.636. The summed E-state index contributed by atoms with van der Waals surface area (Å²) >= 11 is 0. The molecule has 3 aliphatic rings. The molecular weight excluding hydrogens is 396 g/mol. The van der Waals surface area contributed by atoms with Crippen molar-refractivity contribution in [1.82, 2.24) is 30.7 Å². The van der Waals surface area contributed by atoms with E-state index in [2.05, 4.69) is 25.8 Å². The molecule has 0 unspecified atom stereocenters. The molecule has 31 heavy (non-hydrogen) atoms.